The Hall–Kier alpha value is -2.61. The van der Waals surface area contributed by atoms with E-state index in [-0.39, 0.29) is 25.2 Å². The predicted molar refractivity (Wildman–Crippen MR) is 104 cm³/mol. The summed E-state index contributed by atoms with van der Waals surface area (Å²) in [7, 11) is 0. The molecule has 0 unspecified atom stereocenters. The summed E-state index contributed by atoms with van der Waals surface area (Å²) in [5, 5.41) is 9.80. The van der Waals surface area contributed by atoms with Gasteiger partial charge in [0.15, 0.2) is 0 Å². The number of nitrogens with zero attached hydrogens (tertiary/aromatic N) is 2. The maximum atomic E-state index is 13.0. The molecule has 2 saturated heterocycles. The van der Waals surface area contributed by atoms with Crippen molar-refractivity contribution in [3.05, 3.63) is 35.9 Å². The summed E-state index contributed by atoms with van der Waals surface area (Å²) in [5.41, 5.74) is 0.816. The van der Waals surface area contributed by atoms with Crippen molar-refractivity contribution < 1.29 is 29.0 Å². The van der Waals surface area contributed by atoms with Crippen LogP contribution in [0.1, 0.15) is 31.7 Å². The van der Waals surface area contributed by atoms with Crippen LogP contribution in [0, 0.1) is 5.92 Å². The van der Waals surface area contributed by atoms with Crippen molar-refractivity contribution in [2.24, 2.45) is 5.92 Å². The second-order valence-corrected chi connectivity index (χ2v) is 7.42. The van der Waals surface area contributed by atoms with Crippen molar-refractivity contribution in [2.75, 3.05) is 26.2 Å². The van der Waals surface area contributed by atoms with Crippen LogP contribution in [0.15, 0.2) is 30.3 Å². The number of piperidine rings is 1. The van der Waals surface area contributed by atoms with E-state index in [4.69, 9.17) is 9.47 Å². The predicted octanol–water partition coefficient (Wildman–Crippen LogP) is 2.13. The third-order valence-corrected chi connectivity index (χ3v) is 5.50. The number of carboxylic acid groups (broad SMARTS) is 1. The maximum absolute atomic E-state index is 13.0. The van der Waals surface area contributed by atoms with Gasteiger partial charge < -0.3 is 19.5 Å². The number of carboxylic acids is 1. The summed E-state index contributed by atoms with van der Waals surface area (Å²) in [6, 6.07) is 7.97. The summed E-state index contributed by atoms with van der Waals surface area (Å²) in [4.78, 5) is 40.5. The van der Waals surface area contributed by atoms with E-state index in [2.05, 4.69) is 0 Å². The number of carbonyl (C=O) groups excluding carboxylic acids is 2. The first-order valence-electron chi connectivity index (χ1n) is 10.1. The topological polar surface area (TPSA) is 96.4 Å². The summed E-state index contributed by atoms with van der Waals surface area (Å²) in [5.74, 6) is -2.17. The van der Waals surface area contributed by atoms with E-state index >= 15 is 0 Å². The average Bonchev–Trinajstić information content (AvgIpc) is 3.20. The molecule has 158 valence electrons. The molecule has 8 nitrogen and oxygen atoms in total. The molecule has 0 aliphatic carbocycles. The molecule has 8 heteroatoms. The zero-order valence-electron chi connectivity index (χ0n) is 16.7. The quantitative estimate of drug-likeness (QED) is 0.780. The smallest absolute Gasteiger partial charge is 0.410 e. The lowest BCUT2D eigenvalue weighted by atomic mass is 9.88. The Labute approximate surface area is 170 Å². The van der Waals surface area contributed by atoms with Crippen LogP contribution in [0.4, 0.5) is 4.79 Å². The van der Waals surface area contributed by atoms with Crippen molar-refractivity contribution in [1.29, 1.82) is 0 Å². The number of likely N-dealkylation sites (tertiary alicyclic amines) is 2. The molecular formula is C21H28N2O6. The van der Waals surface area contributed by atoms with Crippen molar-refractivity contribution >= 4 is 18.0 Å². The SMILES string of the molecule is CCO[C@H]1CCN(C(=O)[C@H]2CCCN(C(=O)OCc3ccccc3)[C@H]2C(=O)O)C1. The van der Waals surface area contributed by atoms with Crippen LogP contribution in [0.2, 0.25) is 0 Å². The van der Waals surface area contributed by atoms with E-state index in [1.54, 1.807) is 4.90 Å². The molecule has 3 atom stereocenters. The number of ether oxygens (including phenoxy) is 2. The van der Waals surface area contributed by atoms with E-state index in [1.807, 2.05) is 37.3 Å². The van der Waals surface area contributed by atoms with Gasteiger partial charge in [0.1, 0.15) is 12.6 Å². The highest BCUT2D eigenvalue weighted by Crippen LogP contribution is 2.28. The van der Waals surface area contributed by atoms with Gasteiger partial charge in [0.25, 0.3) is 0 Å². The van der Waals surface area contributed by atoms with Crippen LogP contribution in [0.25, 0.3) is 0 Å². The van der Waals surface area contributed by atoms with Crippen LogP contribution in [-0.2, 0) is 25.7 Å². The lowest BCUT2D eigenvalue weighted by Gasteiger charge is -2.38. The van der Waals surface area contributed by atoms with Crippen LogP contribution < -0.4 is 0 Å². The first-order valence-corrected chi connectivity index (χ1v) is 10.1. The van der Waals surface area contributed by atoms with Crippen LogP contribution in [0.5, 0.6) is 0 Å². The summed E-state index contributed by atoms with van der Waals surface area (Å²) >= 11 is 0. The molecule has 0 saturated carbocycles. The minimum atomic E-state index is -1.22. The van der Waals surface area contributed by atoms with Gasteiger partial charge in [-0.3, -0.25) is 9.69 Å². The maximum Gasteiger partial charge on any atom is 0.410 e. The Morgan fingerprint density at radius 2 is 1.90 bits per heavy atom. The molecule has 2 aliphatic rings. The van der Waals surface area contributed by atoms with E-state index < -0.39 is 24.0 Å². The monoisotopic (exact) mass is 404 g/mol. The van der Waals surface area contributed by atoms with Gasteiger partial charge in [0, 0.05) is 26.2 Å². The molecule has 2 fully saturated rings. The van der Waals surface area contributed by atoms with Crippen molar-refractivity contribution in [1.82, 2.24) is 9.80 Å². The first kappa shape index (κ1) is 21.1. The molecule has 0 spiro atoms. The fraction of sp³-hybridized carbons (Fsp3) is 0.571. The number of amides is 2. The van der Waals surface area contributed by atoms with Gasteiger partial charge in [-0.1, -0.05) is 30.3 Å². The molecular weight excluding hydrogens is 376 g/mol. The Balaban J connectivity index is 1.66. The molecule has 0 bridgehead atoms. The largest absolute Gasteiger partial charge is 0.480 e. The third kappa shape index (κ3) is 5.06. The second kappa shape index (κ2) is 9.73. The Kier molecular flexibility index (Phi) is 7.09. The van der Waals surface area contributed by atoms with Gasteiger partial charge in [-0.15, -0.1) is 0 Å². The first-order chi connectivity index (χ1) is 14.0. The lowest BCUT2D eigenvalue weighted by Crippen LogP contribution is -2.56. The second-order valence-electron chi connectivity index (χ2n) is 7.42. The highest BCUT2D eigenvalue weighted by Gasteiger charge is 2.46. The van der Waals surface area contributed by atoms with Crippen molar-refractivity contribution in [2.45, 2.75) is 44.9 Å². The summed E-state index contributed by atoms with van der Waals surface area (Å²) < 4.78 is 10.9. The van der Waals surface area contributed by atoms with Gasteiger partial charge in [-0.2, -0.15) is 0 Å². The summed E-state index contributed by atoms with van der Waals surface area (Å²) in [6.07, 6.45) is 1.03. The van der Waals surface area contributed by atoms with E-state index in [0.29, 0.717) is 32.5 Å². The standard InChI is InChI=1S/C21H28N2O6/c1-2-28-16-10-12-22(13-16)19(24)17-9-6-11-23(18(17)20(25)26)21(27)29-14-15-7-4-3-5-8-15/h3-5,7-8,16-18H,2,6,9-14H2,1H3,(H,25,26)/t16-,17-,18+/m0/s1. The van der Waals surface area contributed by atoms with E-state index in [1.165, 1.54) is 4.90 Å². The normalized spacial score (nSPS) is 24.4. The molecule has 1 aromatic rings. The number of rotatable bonds is 6. The average molecular weight is 404 g/mol. The van der Waals surface area contributed by atoms with Gasteiger partial charge >= 0.3 is 12.1 Å². The zero-order valence-corrected chi connectivity index (χ0v) is 16.7. The highest BCUT2D eigenvalue weighted by molar-refractivity contribution is 5.89. The molecule has 1 N–H and O–H groups in total. The minimum absolute atomic E-state index is 0.0113. The van der Waals surface area contributed by atoms with Crippen molar-refractivity contribution in [3.8, 4) is 0 Å². The molecule has 2 heterocycles. The van der Waals surface area contributed by atoms with Gasteiger partial charge in [-0.25, -0.2) is 9.59 Å². The molecule has 1 aromatic carbocycles. The molecule has 29 heavy (non-hydrogen) atoms. The molecule has 2 aliphatic heterocycles. The number of aliphatic carboxylic acids is 1. The van der Waals surface area contributed by atoms with Crippen LogP contribution in [-0.4, -0.2) is 71.3 Å². The van der Waals surface area contributed by atoms with Crippen LogP contribution in [0.3, 0.4) is 0 Å². The van der Waals surface area contributed by atoms with Crippen molar-refractivity contribution in [3.63, 3.8) is 0 Å². The number of benzene rings is 1. The lowest BCUT2D eigenvalue weighted by molar-refractivity contribution is -0.153. The molecule has 0 radical (unpaired) electrons. The highest BCUT2D eigenvalue weighted by atomic mass is 16.6. The van der Waals surface area contributed by atoms with E-state index in [9.17, 15) is 19.5 Å². The summed E-state index contributed by atoms with van der Waals surface area (Å²) in [6.45, 7) is 3.82. The fourth-order valence-corrected chi connectivity index (χ4v) is 4.10. The molecule has 0 aromatic heterocycles. The fourth-order valence-electron chi connectivity index (χ4n) is 4.10. The van der Waals surface area contributed by atoms with Gasteiger partial charge in [0.2, 0.25) is 5.91 Å². The van der Waals surface area contributed by atoms with Crippen LogP contribution >= 0.6 is 0 Å². The number of hydrogen-bond donors (Lipinski definition) is 1. The third-order valence-electron chi connectivity index (χ3n) is 5.50. The molecule has 2 amide bonds. The Morgan fingerprint density at radius 1 is 1.14 bits per heavy atom. The number of carbonyl (C=O) groups is 3. The minimum Gasteiger partial charge on any atom is -0.480 e. The van der Waals surface area contributed by atoms with Gasteiger partial charge in [0.05, 0.1) is 12.0 Å². The Bertz CT molecular complexity index is 725. The van der Waals surface area contributed by atoms with Gasteiger partial charge in [-0.05, 0) is 31.7 Å². The molecule has 3 rings (SSSR count). The number of hydrogen-bond acceptors (Lipinski definition) is 5. The zero-order chi connectivity index (χ0) is 20.8. The Morgan fingerprint density at radius 3 is 2.59 bits per heavy atom. The van der Waals surface area contributed by atoms with E-state index in [0.717, 1.165) is 12.0 Å².